The fourth-order valence-electron chi connectivity index (χ4n) is 1.30. The fourth-order valence-corrected chi connectivity index (χ4v) is 2.16. The summed E-state index contributed by atoms with van der Waals surface area (Å²) < 4.78 is 5.22. The van der Waals surface area contributed by atoms with Gasteiger partial charge >= 0.3 is 0 Å². The molecule has 0 aliphatic rings. The summed E-state index contributed by atoms with van der Waals surface area (Å²) in [6, 6.07) is 8.20. The van der Waals surface area contributed by atoms with Gasteiger partial charge in [0.05, 0.1) is 12.8 Å². The van der Waals surface area contributed by atoms with Gasteiger partial charge in [-0.25, -0.2) is 0 Å². The molecule has 0 saturated heterocycles. The quantitative estimate of drug-likeness (QED) is 0.813. The maximum Gasteiger partial charge on any atom is 0.117 e. The van der Waals surface area contributed by atoms with E-state index >= 15 is 0 Å². The van der Waals surface area contributed by atoms with Crippen molar-refractivity contribution in [3.8, 4) is 0 Å². The number of halogens is 1. The molecule has 82 valence electrons. The zero-order chi connectivity index (χ0) is 9.80. The van der Waals surface area contributed by atoms with Gasteiger partial charge in [0, 0.05) is 16.3 Å². The summed E-state index contributed by atoms with van der Waals surface area (Å²) in [6.07, 6.45) is 1.70. The molecule has 2 rings (SSSR count). The van der Waals surface area contributed by atoms with E-state index in [0.717, 1.165) is 18.8 Å². The molecule has 0 radical (unpaired) electrons. The van der Waals surface area contributed by atoms with Crippen molar-refractivity contribution in [1.29, 1.82) is 0 Å². The average molecular weight is 243 g/mol. The van der Waals surface area contributed by atoms with E-state index in [1.54, 1.807) is 6.26 Å². The Morgan fingerprint density at radius 3 is 2.73 bits per heavy atom. The Hall–Kier alpha value is -0.770. The highest BCUT2D eigenvalue weighted by molar-refractivity contribution is 7.11. The molecule has 15 heavy (non-hydrogen) atoms. The van der Waals surface area contributed by atoms with Crippen molar-refractivity contribution in [2.45, 2.75) is 20.0 Å². The summed E-state index contributed by atoms with van der Waals surface area (Å²) in [5.41, 5.74) is 0. The molecule has 0 bridgehead atoms. The number of nitrogens with one attached hydrogen (secondary N) is 1. The summed E-state index contributed by atoms with van der Waals surface area (Å²) in [7, 11) is 0. The first-order chi connectivity index (χ1) is 6.84. The van der Waals surface area contributed by atoms with Crippen LogP contribution in [0.4, 0.5) is 0 Å². The Balaban J connectivity index is 0.00000112. The molecule has 0 atom stereocenters. The minimum Gasteiger partial charge on any atom is -1.00 e. The van der Waals surface area contributed by atoms with E-state index in [-0.39, 0.29) is 12.4 Å². The molecular formula is C11H13ClNOS-. The van der Waals surface area contributed by atoms with Crippen LogP contribution in [0.1, 0.15) is 15.5 Å². The van der Waals surface area contributed by atoms with Crippen LogP contribution in [0.3, 0.4) is 0 Å². The van der Waals surface area contributed by atoms with E-state index in [1.807, 2.05) is 23.5 Å². The predicted molar refractivity (Wildman–Crippen MR) is 58.3 cm³/mol. The largest absolute Gasteiger partial charge is 1.00 e. The van der Waals surface area contributed by atoms with Crippen LogP contribution in [-0.4, -0.2) is 0 Å². The van der Waals surface area contributed by atoms with E-state index < -0.39 is 0 Å². The lowest BCUT2D eigenvalue weighted by atomic mass is 10.4. The first-order valence-electron chi connectivity index (χ1n) is 4.63. The van der Waals surface area contributed by atoms with E-state index in [0.29, 0.717) is 0 Å². The van der Waals surface area contributed by atoms with Crippen LogP contribution in [0.25, 0.3) is 0 Å². The summed E-state index contributed by atoms with van der Waals surface area (Å²) >= 11 is 1.83. The van der Waals surface area contributed by atoms with Gasteiger partial charge in [-0.05, 0) is 31.2 Å². The number of hydrogen-bond donors (Lipinski definition) is 1. The molecule has 0 fully saturated rings. The molecule has 0 aliphatic heterocycles. The van der Waals surface area contributed by atoms with Crippen LogP contribution in [0, 0.1) is 6.92 Å². The van der Waals surface area contributed by atoms with Crippen molar-refractivity contribution in [3.05, 3.63) is 46.0 Å². The third-order valence-corrected chi connectivity index (χ3v) is 2.98. The third-order valence-electron chi connectivity index (χ3n) is 1.97. The van der Waals surface area contributed by atoms with Crippen LogP contribution < -0.4 is 17.7 Å². The van der Waals surface area contributed by atoms with Crippen molar-refractivity contribution in [2.24, 2.45) is 0 Å². The summed E-state index contributed by atoms with van der Waals surface area (Å²) in [4.78, 5) is 2.73. The zero-order valence-electron chi connectivity index (χ0n) is 8.50. The van der Waals surface area contributed by atoms with Crippen molar-refractivity contribution >= 4 is 11.3 Å². The predicted octanol–water partition coefficient (Wildman–Crippen LogP) is -0.0567. The van der Waals surface area contributed by atoms with Gasteiger partial charge in [-0.2, -0.15) is 0 Å². The lowest BCUT2D eigenvalue weighted by Crippen LogP contribution is -3.00. The van der Waals surface area contributed by atoms with Gasteiger partial charge < -0.3 is 22.1 Å². The highest BCUT2D eigenvalue weighted by atomic mass is 35.5. The van der Waals surface area contributed by atoms with Crippen LogP contribution in [-0.2, 0) is 13.1 Å². The molecule has 0 saturated carbocycles. The summed E-state index contributed by atoms with van der Waals surface area (Å²) in [5, 5.41) is 3.33. The van der Waals surface area contributed by atoms with Crippen molar-refractivity contribution in [1.82, 2.24) is 5.32 Å². The average Bonchev–Trinajstić information content (AvgIpc) is 2.77. The third kappa shape index (κ3) is 3.70. The Morgan fingerprint density at radius 1 is 1.27 bits per heavy atom. The van der Waals surface area contributed by atoms with Gasteiger partial charge in [0.2, 0.25) is 0 Å². The van der Waals surface area contributed by atoms with E-state index in [9.17, 15) is 0 Å². The molecule has 1 N–H and O–H groups in total. The van der Waals surface area contributed by atoms with Crippen LogP contribution >= 0.6 is 11.3 Å². The van der Waals surface area contributed by atoms with Crippen molar-refractivity contribution < 1.29 is 16.8 Å². The fraction of sp³-hybridized carbons (Fsp3) is 0.273. The van der Waals surface area contributed by atoms with Gasteiger partial charge in [-0.3, -0.25) is 0 Å². The number of aryl methyl sites for hydroxylation is 1. The molecule has 2 heterocycles. The summed E-state index contributed by atoms with van der Waals surface area (Å²) in [6.45, 7) is 3.84. The van der Waals surface area contributed by atoms with E-state index in [1.165, 1.54) is 9.75 Å². The maximum absolute atomic E-state index is 5.22. The second kappa shape index (κ2) is 5.95. The van der Waals surface area contributed by atoms with Crippen LogP contribution in [0.5, 0.6) is 0 Å². The van der Waals surface area contributed by atoms with Gasteiger partial charge in [0.25, 0.3) is 0 Å². The van der Waals surface area contributed by atoms with Gasteiger partial charge in [-0.1, -0.05) is 0 Å². The van der Waals surface area contributed by atoms with E-state index in [4.69, 9.17) is 4.42 Å². The highest BCUT2D eigenvalue weighted by Crippen LogP contribution is 2.14. The molecule has 0 unspecified atom stereocenters. The standard InChI is InChI=1S/C11H13NOS.ClH/c1-9-4-5-11(14-9)8-12-7-10-3-2-6-13-10;/h2-6,12H,7-8H2,1H3;1H/p-1. The highest BCUT2D eigenvalue weighted by Gasteiger charge is 1.97. The Morgan fingerprint density at radius 2 is 2.13 bits per heavy atom. The Kier molecular flexibility index (Phi) is 4.88. The lowest BCUT2D eigenvalue weighted by Gasteiger charge is -1.99. The lowest BCUT2D eigenvalue weighted by molar-refractivity contribution is -0.00000337. The first-order valence-corrected chi connectivity index (χ1v) is 5.44. The molecule has 0 amide bonds. The Bertz CT molecular complexity index is 383. The molecule has 0 aliphatic carbocycles. The monoisotopic (exact) mass is 242 g/mol. The minimum absolute atomic E-state index is 0. The zero-order valence-corrected chi connectivity index (χ0v) is 10.1. The number of thiophene rings is 1. The summed E-state index contributed by atoms with van der Waals surface area (Å²) in [5.74, 6) is 0.985. The molecular weight excluding hydrogens is 230 g/mol. The first kappa shape index (κ1) is 12.3. The smallest absolute Gasteiger partial charge is 0.117 e. The van der Waals surface area contributed by atoms with Crippen molar-refractivity contribution in [2.75, 3.05) is 0 Å². The molecule has 2 aromatic heterocycles. The number of furan rings is 1. The second-order valence-corrected chi connectivity index (χ2v) is 4.57. The van der Waals surface area contributed by atoms with Gasteiger partial charge in [0.15, 0.2) is 0 Å². The van der Waals surface area contributed by atoms with Crippen LogP contribution in [0.15, 0.2) is 34.9 Å². The minimum atomic E-state index is 0. The molecule has 0 aromatic carbocycles. The maximum atomic E-state index is 5.22. The molecule has 4 heteroatoms. The topological polar surface area (TPSA) is 25.2 Å². The molecule has 2 aromatic rings. The van der Waals surface area contributed by atoms with Gasteiger partial charge in [0.1, 0.15) is 5.76 Å². The van der Waals surface area contributed by atoms with Crippen molar-refractivity contribution in [3.63, 3.8) is 0 Å². The SMILES string of the molecule is Cc1ccc(CNCc2ccco2)s1.[Cl-]. The number of hydrogen-bond acceptors (Lipinski definition) is 3. The van der Waals surface area contributed by atoms with E-state index in [2.05, 4.69) is 24.4 Å². The normalized spacial score (nSPS) is 9.93. The molecule has 2 nitrogen and oxygen atoms in total. The molecule has 0 spiro atoms. The van der Waals surface area contributed by atoms with Gasteiger partial charge in [-0.15, -0.1) is 11.3 Å². The second-order valence-electron chi connectivity index (χ2n) is 3.20. The Labute approximate surface area is 99.7 Å². The van der Waals surface area contributed by atoms with Crippen LogP contribution in [0.2, 0.25) is 0 Å². The number of rotatable bonds is 4.